The number of hydrogen-bond acceptors (Lipinski definition) is 2. The van der Waals surface area contributed by atoms with Crippen LogP contribution in [0.1, 0.15) is 38.3 Å². The SMILES string of the molecule is C[C@H](c1ccccc1)N1C[C@]2(C(=O)O)CC[C@]2(C)C1=O. The molecule has 1 saturated heterocycles. The molecule has 4 nitrogen and oxygen atoms in total. The number of amides is 1. The third-order valence-corrected chi connectivity index (χ3v) is 5.44. The van der Waals surface area contributed by atoms with Crippen molar-refractivity contribution in [1.29, 1.82) is 0 Å². The van der Waals surface area contributed by atoms with Crippen molar-refractivity contribution in [3.8, 4) is 0 Å². The lowest BCUT2D eigenvalue weighted by Crippen LogP contribution is -2.55. The van der Waals surface area contributed by atoms with Gasteiger partial charge in [-0.2, -0.15) is 0 Å². The average molecular weight is 273 g/mol. The van der Waals surface area contributed by atoms with Crippen LogP contribution in [-0.4, -0.2) is 28.4 Å². The van der Waals surface area contributed by atoms with Crippen LogP contribution < -0.4 is 0 Å². The van der Waals surface area contributed by atoms with E-state index in [4.69, 9.17) is 0 Å². The zero-order chi connectivity index (χ0) is 14.5. The molecule has 0 unspecified atom stereocenters. The molecule has 3 rings (SSSR count). The van der Waals surface area contributed by atoms with Crippen LogP contribution in [-0.2, 0) is 9.59 Å². The van der Waals surface area contributed by atoms with Crippen molar-refractivity contribution in [3.63, 3.8) is 0 Å². The minimum absolute atomic E-state index is 0.0116. The van der Waals surface area contributed by atoms with Crippen LogP contribution >= 0.6 is 0 Å². The Kier molecular flexibility index (Phi) is 2.68. The van der Waals surface area contributed by atoms with Crippen LogP contribution in [0.5, 0.6) is 0 Å². The minimum atomic E-state index is -0.882. The summed E-state index contributed by atoms with van der Waals surface area (Å²) < 4.78 is 0. The molecule has 0 spiro atoms. The summed E-state index contributed by atoms with van der Waals surface area (Å²) in [7, 11) is 0. The van der Waals surface area contributed by atoms with E-state index in [0.717, 1.165) is 5.56 Å². The Morgan fingerprint density at radius 1 is 1.30 bits per heavy atom. The van der Waals surface area contributed by atoms with E-state index in [0.29, 0.717) is 19.4 Å². The van der Waals surface area contributed by atoms with E-state index in [1.807, 2.05) is 44.2 Å². The first-order valence-electron chi connectivity index (χ1n) is 7.02. The van der Waals surface area contributed by atoms with Gasteiger partial charge < -0.3 is 10.0 Å². The van der Waals surface area contributed by atoms with E-state index in [1.54, 1.807) is 4.90 Å². The lowest BCUT2D eigenvalue weighted by molar-refractivity contribution is -0.170. The Labute approximate surface area is 118 Å². The molecule has 1 N–H and O–H groups in total. The van der Waals surface area contributed by atoms with Crippen molar-refractivity contribution < 1.29 is 14.7 Å². The van der Waals surface area contributed by atoms with E-state index in [9.17, 15) is 14.7 Å². The standard InChI is InChI=1S/C16H19NO3/c1-11(12-6-4-3-5-7-12)17-10-16(14(19)20)9-8-15(16,2)13(17)18/h3-7,11H,8-10H2,1-2H3,(H,19,20)/t11-,15-,16+/m1/s1. The largest absolute Gasteiger partial charge is 0.481 e. The summed E-state index contributed by atoms with van der Waals surface area (Å²) in [6.45, 7) is 4.11. The van der Waals surface area contributed by atoms with Gasteiger partial charge in [-0.15, -0.1) is 0 Å². The molecule has 1 amide bonds. The van der Waals surface area contributed by atoms with Gasteiger partial charge in [0.2, 0.25) is 5.91 Å². The van der Waals surface area contributed by atoms with Gasteiger partial charge in [0.05, 0.1) is 16.9 Å². The fraction of sp³-hybridized carbons (Fsp3) is 0.500. The predicted molar refractivity (Wildman–Crippen MR) is 74.0 cm³/mol. The molecule has 2 aliphatic rings. The number of carboxylic acids is 1. The Balaban J connectivity index is 1.94. The molecule has 106 valence electrons. The second kappa shape index (κ2) is 4.08. The summed E-state index contributed by atoms with van der Waals surface area (Å²) in [5.41, 5.74) is -0.555. The molecule has 0 radical (unpaired) electrons. The van der Waals surface area contributed by atoms with Gasteiger partial charge in [-0.1, -0.05) is 30.3 Å². The third-order valence-electron chi connectivity index (χ3n) is 5.44. The maximum atomic E-state index is 12.7. The Bertz CT molecular complexity index is 570. The van der Waals surface area contributed by atoms with Gasteiger partial charge in [-0.25, -0.2) is 0 Å². The first-order valence-corrected chi connectivity index (χ1v) is 7.02. The van der Waals surface area contributed by atoms with Crippen molar-refractivity contribution >= 4 is 11.9 Å². The van der Waals surface area contributed by atoms with Crippen LogP contribution in [0.15, 0.2) is 30.3 Å². The second-order valence-corrected chi connectivity index (χ2v) is 6.24. The van der Waals surface area contributed by atoms with Crippen LogP contribution in [0.2, 0.25) is 0 Å². The number of rotatable bonds is 3. The Morgan fingerprint density at radius 2 is 1.95 bits per heavy atom. The fourth-order valence-corrected chi connectivity index (χ4v) is 3.68. The van der Waals surface area contributed by atoms with Gasteiger partial charge in [0, 0.05) is 6.54 Å². The van der Waals surface area contributed by atoms with Gasteiger partial charge in [0.1, 0.15) is 0 Å². The highest BCUT2D eigenvalue weighted by Gasteiger charge is 2.71. The highest BCUT2D eigenvalue weighted by Crippen LogP contribution is 2.63. The van der Waals surface area contributed by atoms with Crippen LogP contribution in [0.4, 0.5) is 0 Å². The summed E-state index contributed by atoms with van der Waals surface area (Å²) in [4.78, 5) is 26.1. The van der Waals surface area contributed by atoms with Crippen molar-refractivity contribution in [2.75, 3.05) is 6.54 Å². The number of carbonyl (C=O) groups excluding carboxylic acids is 1. The molecule has 1 aliphatic heterocycles. The maximum absolute atomic E-state index is 12.7. The molecule has 20 heavy (non-hydrogen) atoms. The number of hydrogen-bond donors (Lipinski definition) is 1. The van der Waals surface area contributed by atoms with Gasteiger partial charge >= 0.3 is 5.97 Å². The topological polar surface area (TPSA) is 57.6 Å². The van der Waals surface area contributed by atoms with E-state index < -0.39 is 16.8 Å². The number of carboxylic acid groups (broad SMARTS) is 1. The quantitative estimate of drug-likeness (QED) is 0.920. The first kappa shape index (κ1) is 13.2. The number of likely N-dealkylation sites (tertiary alicyclic amines) is 1. The van der Waals surface area contributed by atoms with Crippen LogP contribution in [0.25, 0.3) is 0 Å². The number of benzene rings is 1. The minimum Gasteiger partial charge on any atom is -0.481 e. The highest BCUT2D eigenvalue weighted by atomic mass is 16.4. The molecule has 1 saturated carbocycles. The Morgan fingerprint density at radius 3 is 2.40 bits per heavy atom. The van der Waals surface area contributed by atoms with Gasteiger partial charge in [0.25, 0.3) is 0 Å². The predicted octanol–water partition coefficient (Wildman–Crippen LogP) is 2.46. The van der Waals surface area contributed by atoms with E-state index in [-0.39, 0.29) is 11.9 Å². The molecule has 3 atom stereocenters. The highest BCUT2D eigenvalue weighted by molar-refractivity contribution is 5.96. The number of carbonyl (C=O) groups is 2. The maximum Gasteiger partial charge on any atom is 0.312 e. The van der Waals surface area contributed by atoms with Crippen LogP contribution in [0, 0.1) is 10.8 Å². The number of nitrogens with zero attached hydrogens (tertiary/aromatic N) is 1. The molecule has 1 heterocycles. The van der Waals surface area contributed by atoms with Gasteiger partial charge in [-0.3, -0.25) is 9.59 Å². The third kappa shape index (κ3) is 1.42. The Hall–Kier alpha value is -1.84. The molecule has 1 aromatic carbocycles. The molecule has 0 aromatic heterocycles. The molecular formula is C16H19NO3. The van der Waals surface area contributed by atoms with Gasteiger partial charge in [0.15, 0.2) is 0 Å². The summed E-state index contributed by atoms with van der Waals surface area (Å²) in [6.07, 6.45) is 1.28. The molecule has 1 aliphatic carbocycles. The van der Waals surface area contributed by atoms with Crippen molar-refractivity contribution in [3.05, 3.63) is 35.9 Å². The molecular weight excluding hydrogens is 254 g/mol. The molecule has 1 aromatic rings. The van der Waals surface area contributed by atoms with Gasteiger partial charge in [-0.05, 0) is 32.3 Å². The molecule has 4 heteroatoms. The number of fused-ring (bicyclic) bond motifs is 1. The van der Waals surface area contributed by atoms with E-state index in [1.165, 1.54) is 0 Å². The zero-order valence-corrected chi connectivity index (χ0v) is 11.8. The summed E-state index contributed by atoms with van der Waals surface area (Å²) in [5.74, 6) is -0.843. The fourth-order valence-electron chi connectivity index (χ4n) is 3.68. The first-order chi connectivity index (χ1) is 9.42. The number of aliphatic carboxylic acids is 1. The average Bonchev–Trinajstić information content (AvgIpc) is 2.59. The summed E-state index contributed by atoms with van der Waals surface area (Å²) in [5, 5.41) is 9.57. The lowest BCUT2D eigenvalue weighted by Gasteiger charge is -2.47. The van der Waals surface area contributed by atoms with Crippen LogP contribution in [0.3, 0.4) is 0 Å². The lowest BCUT2D eigenvalue weighted by atomic mass is 9.52. The van der Waals surface area contributed by atoms with E-state index in [2.05, 4.69) is 0 Å². The normalized spacial score (nSPS) is 33.5. The zero-order valence-electron chi connectivity index (χ0n) is 11.8. The smallest absolute Gasteiger partial charge is 0.312 e. The molecule has 2 fully saturated rings. The monoisotopic (exact) mass is 273 g/mol. The van der Waals surface area contributed by atoms with Crippen molar-refractivity contribution in [2.45, 2.75) is 32.7 Å². The van der Waals surface area contributed by atoms with Crippen molar-refractivity contribution in [2.24, 2.45) is 10.8 Å². The van der Waals surface area contributed by atoms with E-state index >= 15 is 0 Å². The second-order valence-electron chi connectivity index (χ2n) is 6.24. The summed E-state index contributed by atoms with van der Waals surface area (Å²) in [6, 6.07) is 9.70. The van der Waals surface area contributed by atoms with Crippen molar-refractivity contribution in [1.82, 2.24) is 4.90 Å². The summed E-state index contributed by atoms with van der Waals surface area (Å²) >= 11 is 0. The molecule has 0 bridgehead atoms.